The molecule has 122 valence electrons. The van der Waals surface area contributed by atoms with Gasteiger partial charge in [0.1, 0.15) is 0 Å². The second kappa shape index (κ2) is 7.48. The van der Waals surface area contributed by atoms with E-state index < -0.39 is 0 Å². The van der Waals surface area contributed by atoms with E-state index in [0.717, 1.165) is 31.5 Å². The molecule has 4 heteroatoms. The van der Waals surface area contributed by atoms with E-state index in [2.05, 4.69) is 30.6 Å². The van der Waals surface area contributed by atoms with Gasteiger partial charge in [0, 0.05) is 25.2 Å². The zero-order valence-corrected chi connectivity index (χ0v) is 14.3. The van der Waals surface area contributed by atoms with Gasteiger partial charge in [-0.2, -0.15) is 0 Å². The molecule has 0 aromatic carbocycles. The molecule has 4 nitrogen and oxygen atoms in total. The molecule has 2 aliphatic rings. The maximum Gasteiger partial charge on any atom is 0.191 e. The molecule has 2 fully saturated rings. The molecule has 1 unspecified atom stereocenters. The molecule has 0 bridgehead atoms. The van der Waals surface area contributed by atoms with Crippen LogP contribution in [0.4, 0.5) is 0 Å². The van der Waals surface area contributed by atoms with E-state index >= 15 is 0 Å². The number of likely N-dealkylation sites (tertiary alicyclic amines) is 2. The summed E-state index contributed by atoms with van der Waals surface area (Å²) in [6, 6.07) is 0. The summed E-state index contributed by atoms with van der Waals surface area (Å²) in [4.78, 5) is 9.62. The van der Waals surface area contributed by atoms with Gasteiger partial charge in [-0.3, -0.25) is 9.89 Å². The molecule has 0 amide bonds. The molecule has 0 aromatic heterocycles. The van der Waals surface area contributed by atoms with Crippen LogP contribution < -0.4 is 5.73 Å². The maximum atomic E-state index is 6.24. The summed E-state index contributed by atoms with van der Waals surface area (Å²) in [6.45, 7) is 12.4. The first-order valence-electron chi connectivity index (χ1n) is 8.79. The summed E-state index contributed by atoms with van der Waals surface area (Å²) < 4.78 is 0. The lowest BCUT2D eigenvalue weighted by molar-refractivity contribution is 0.0773. The van der Waals surface area contributed by atoms with Gasteiger partial charge in [-0.15, -0.1) is 0 Å². The Morgan fingerprint density at radius 2 is 1.76 bits per heavy atom. The first-order valence-corrected chi connectivity index (χ1v) is 8.79. The molecule has 0 saturated carbocycles. The van der Waals surface area contributed by atoms with Crippen LogP contribution in [0.5, 0.6) is 0 Å². The van der Waals surface area contributed by atoms with Crippen LogP contribution in [0, 0.1) is 5.92 Å². The van der Waals surface area contributed by atoms with Gasteiger partial charge >= 0.3 is 0 Å². The minimum absolute atomic E-state index is 0.116. The van der Waals surface area contributed by atoms with Crippen molar-refractivity contribution in [2.75, 3.05) is 32.7 Å². The molecule has 21 heavy (non-hydrogen) atoms. The van der Waals surface area contributed by atoms with Gasteiger partial charge in [-0.1, -0.05) is 19.8 Å². The van der Waals surface area contributed by atoms with Crippen molar-refractivity contribution in [3.63, 3.8) is 0 Å². The van der Waals surface area contributed by atoms with Gasteiger partial charge in [-0.25, -0.2) is 0 Å². The predicted octanol–water partition coefficient (Wildman–Crippen LogP) is 2.69. The first-order chi connectivity index (χ1) is 9.99. The van der Waals surface area contributed by atoms with Gasteiger partial charge in [0.05, 0.1) is 6.54 Å². The molecule has 2 heterocycles. The van der Waals surface area contributed by atoms with Gasteiger partial charge in [-0.05, 0) is 52.0 Å². The molecular weight excluding hydrogens is 260 g/mol. The zero-order valence-electron chi connectivity index (χ0n) is 14.3. The number of hydrogen-bond acceptors (Lipinski definition) is 2. The number of piperidine rings is 1. The topological polar surface area (TPSA) is 44.9 Å². The highest BCUT2D eigenvalue weighted by molar-refractivity contribution is 5.78. The van der Waals surface area contributed by atoms with Crippen LogP contribution in [-0.4, -0.2) is 54.0 Å². The molecule has 2 saturated heterocycles. The summed E-state index contributed by atoms with van der Waals surface area (Å²) in [5.74, 6) is 1.57. The molecule has 0 radical (unpaired) electrons. The van der Waals surface area contributed by atoms with Crippen LogP contribution >= 0.6 is 0 Å². The SMILES string of the molecule is CC1CCCN(C(C)(C)CN=C(N)N2CCCCCC2)C1. The van der Waals surface area contributed by atoms with Crippen molar-refractivity contribution in [2.45, 2.75) is 64.8 Å². The van der Waals surface area contributed by atoms with Crippen molar-refractivity contribution in [2.24, 2.45) is 16.6 Å². The summed E-state index contributed by atoms with van der Waals surface area (Å²) in [7, 11) is 0. The average Bonchev–Trinajstić information content (AvgIpc) is 2.74. The first kappa shape index (κ1) is 16.6. The molecule has 2 aliphatic heterocycles. The van der Waals surface area contributed by atoms with Crippen LogP contribution in [-0.2, 0) is 0 Å². The average molecular weight is 294 g/mol. The summed E-state index contributed by atoms with van der Waals surface area (Å²) in [6.07, 6.45) is 7.86. The van der Waals surface area contributed by atoms with E-state index in [-0.39, 0.29) is 5.54 Å². The Balaban J connectivity index is 1.90. The molecular formula is C17H34N4. The second-order valence-corrected chi connectivity index (χ2v) is 7.58. The van der Waals surface area contributed by atoms with Crippen LogP contribution in [0.15, 0.2) is 4.99 Å². The standard InChI is InChI=1S/C17H34N4/c1-15-9-8-12-21(13-15)17(2,3)14-19-16(18)20-10-6-4-5-7-11-20/h15H,4-14H2,1-3H3,(H2,18,19). The van der Waals surface area contributed by atoms with Crippen molar-refractivity contribution in [3.05, 3.63) is 0 Å². The lowest BCUT2D eigenvalue weighted by Crippen LogP contribution is -2.51. The van der Waals surface area contributed by atoms with Crippen LogP contribution in [0.2, 0.25) is 0 Å². The smallest absolute Gasteiger partial charge is 0.191 e. The summed E-state index contributed by atoms with van der Waals surface area (Å²) >= 11 is 0. The van der Waals surface area contributed by atoms with Crippen molar-refractivity contribution < 1.29 is 0 Å². The lowest BCUT2D eigenvalue weighted by Gasteiger charge is -2.42. The zero-order chi connectivity index (χ0) is 15.3. The van der Waals surface area contributed by atoms with Crippen LogP contribution in [0.1, 0.15) is 59.3 Å². The van der Waals surface area contributed by atoms with Crippen LogP contribution in [0.3, 0.4) is 0 Å². The van der Waals surface area contributed by atoms with E-state index in [1.807, 2.05) is 0 Å². The van der Waals surface area contributed by atoms with Crippen LogP contribution in [0.25, 0.3) is 0 Å². The van der Waals surface area contributed by atoms with E-state index in [9.17, 15) is 0 Å². The molecule has 0 aliphatic carbocycles. The Morgan fingerprint density at radius 3 is 2.38 bits per heavy atom. The Labute approximate surface area is 130 Å². The number of hydrogen-bond donors (Lipinski definition) is 1. The Kier molecular flexibility index (Phi) is 5.91. The largest absolute Gasteiger partial charge is 0.370 e. The number of aliphatic imine (C=N–C) groups is 1. The number of nitrogens with two attached hydrogens (primary N) is 1. The Morgan fingerprint density at radius 1 is 1.10 bits per heavy atom. The maximum absolute atomic E-state index is 6.24. The third-order valence-electron chi connectivity index (χ3n) is 5.07. The fourth-order valence-electron chi connectivity index (χ4n) is 3.51. The van der Waals surface area contributed by atoms with Gasteiger partial charge in [0.25, 0.3) is 0 Å². The summed E-state index contributed by atoms with van der Waals surface area (Å²) in [5.41, 5.74) is 6.36. The highest BCUT2D eigenvalue weighted by Crippen LogP contribution is 2.24. The fourth-order valence-corrected chi connectivity index (χ4v) is 3.51. The van der Waals surface area contributed by atoms with E-state index in [4.69, 9.17) is 10.7 Å². The van der Waals surface area contributed by atoms with E-state index in [1.54, 1.807) is 0 Å². The molecule has 0 spiro atoms. The number of rotatable bonds is 3. The Bertz CT molecular complexity index is 343. The monoisotopic (exact) mass is 294 g/mol. The number of nitrogens with zero attached hydrogens (tertiary/aromatic N) is 3. The van der Waals surface area contributed by atoms with Gasteiger partial charge in [0.15, 0.2) is 5.96 Å². The van der Waals surface area contributed by atoms with Crippen molar-refractivity contribution in [3.8, 4) is 0 Å². The lowest BCUT2D eigenvalue weighted by atomic mass is 9.94. The van der Waals surface area contributed by atoms with Crippen molar-refractivity contribution in [1.82, 2.24) is 9.80 Å². The minimum Gasteiger partial charge on any atom is -0.370 e. The quantitative estimate of drug-likeness (QED) is 0.643. The van der Waals surface area contributed by atoms with E-state index in [1.165, 1.54) is 51.6 Å². The molecule has 0 aromatic rings. The number of guanidine groups is 1. The highest BCUT2D eigenvalue weighted by atomic mass is 15.3. The highest BCUT2D eigenvalue weighted by Gasteiger charge is 2.30. The van der Waals surface area contributed by atoms with Crippen molar-refractivity contribution >= 4 is 5.96 Å². The molecule has 2 N–H and O–H groups in total. The molecule has 2 rings (SSSR count). The predicted molar refractivity (Wildman–Crippen MR) is 90.6 cm³/mol. The molecule has 1 atom stereocenters. The van der Waals surface area contributed by atoms with E-state index in [0.29, 0.717) is 0 Å². The summed E-state index contributed by atoms with van der Waals surface area (Å²) in [5, 5.41) is 0. The fraction of sp³-hybridized carbons (Fsp3) is 0.941. The Hall–Kier alpha value is -0.770. The van der Waals surface area contributed by atoms with Crippen molar-refractivity contribution in [1.29, 1.82) is 0 Å². The third-order valence-corrected chi connectivity index (χ3v) is 5.07. The normalized spacial score (nSPS) is 26.7. The third kappa shape index (κ3) is 4.87. The minimum atomic E-state index is 0.116. The second-order valence-electron chi connectivity index (χ2n) is 7.58. The van der Waals surface area contributed by atoms with Gasteiger partial charge < -0.3 is 10.6 Å². The van der Waals surface area contributed by atoms with Gasteiger partial charge in [0.2, 0.25) is 0 Å².